The van der Waals surface area contributed by atoms with Crippen LogP contribution in [-0.2, 0) is 0 Å². The third kappa shape index (κ3) is 2.21. The molecule has 4 aromatic heterocycles. The molecule has 0 fully saturated rings. The summed E-state index contributed by atoms with van der Waals surface area (Å²) in [6.45, 7) is 0. The zero-order chi connectivity index (χ0) is 16.5. The Morgan fingerprint density at radius 3 is 1.50 bits per heavy atom. The number of hydrogen-bond donors (Lipinski definition) is 4. The van der Waals surface area contributed by atoms with Gasteiger partial charge in [0, 0.05) is 47.3 Å². The fourth-order valence-electron chi connectivity index (χ4n) is 2.79. The van der Waals surface area contributed by atoms with Gasteiger partial charge in [-0.25, -0.2) is 0 Å². The van der Waals surface area contributed by atoms with Crippen LogP contribution in [-0.4, -0.2) is 19.9 Å². The quantitative estimate of drug-likeness (QED) is 0.465. The topological polar surface area (TPSA) is 109 Å². The van der Waals surface area contributed by atoms with Gasteiger partial charge in [0.25, 0.3) is 0 Å². The van der Waals surface area contributed by atoms with Crippen molar-refractivity contribution in [1.82, 2.24) is 19.9 Å². The van der Waals surface area contributed by atoms with Crippen molar-refractivity contribution < 1.29 is 0 Å². The molecule has 0 bridgehead atoms. The number of nitrogens with two attached hydrogens (primary N) is 2. The zero-order valence-electron chi connectivity index (χ0n) is 12.8. The van der Waals surface area contributed by atoms with Crippen molar-refractivity contribution >= 4 is 11.4 Å². The third-order valence-electron chi connectivity index (χ3n) is 3.98. The highest BCUT2D eigenvalue weighted by molar-refractivity contribution is 5.91. The first-order chi connectivity index (χ1) is 11.8. The first-order valence-electron chi connectivity index (χ1n) is 7.52. The van der Waals surface area contributed by atoms with Gasteiger partial charge in [-0.2, -0.15) is 0 Å². The first-order valence-corrected chi connectivity index (χ1v) is 7.52. The van der Waals surface area contributed by atoms with Crippen molar-refractivity contribution in [3.63, 3.8) is 0 Å². The molecular weight excluding hydrogens is 300 g/mol. The number of aromatic nitrogens is 4. The van der Waals surface area contributed by atoms with E-state index >= 15 is 0 Å². The Labute approximate surface area is 138 Å². The molecule has 4 heterocycles. The largest absolute Gasteiger partial charge is 0.396 e. The Hall–Kier alpha value is -3.54. The van der Waals surface area contributed by atoms with E-state index in [0.717, 1.165) is 22.5 Å². The number of nitrogen functional groups attached to an aromatic ring is 2. The van der Waals surface area contributed by atoms with Gasteiger partial charge in [0.1, 0.15) is 11.4 Å². The molecule has 0 radical (unpaired) electrons. The molecule has 0 spiro atoms. The molecular formula is C18H16N6. The number of nitrogens with zero attached hydrogens (tertiary/aromatic N) is 2. The van der Waals surface area contributed by atoms with Gasteiger partial charge < -0.3 is 21.4 Å². The van der Waals surface area contributed by atoms with Crippen LogP contribution in [0.4, 0.5) is 11.4 Å². The van der Waals surface area contributed by atoms with Crippen LogP contribution in [0.2, 0.25) is 0 Å². The maximum Gasteiger partial charge on any atom is 0.114 e. The maximum absolute atomic E-state index is 6.36. The second kappa shape index (κ2) is 5.58. The number of nitrogens with one attached hydrogen (secondary N) is 2. The number of rotatable bonds is 3. The summed E-state index contributed by atoms with van der Waals surface area (Å²) in [5.74, 6) is 0. The van der Waals surface area contributed by atoms with Crippen molar-refractivity contribution in [1.29, 1.82) is 0 Å². The molecule has 0 saturated heterocycles. The van der Waals surface area contributed by atoms with E-state index in [1.54, 1.807) is 12.4 Å². The Morgan fingerprint density at radius 2 is 1.12 bits per heavy atom. The summed E-state index contributed by atoms with van der Waals surface area (Å²) >= 11 is 0. The highest BCUT2D eigenvalue weighted by atomic mass is 14.8. The normalized spacial score (nSPS) is 10.8. The van der Waals surface area contributed by atoms with Gasteiger partial charge in [0.2, 0.25) is 0 Å². The van der Waals surface area contributed by atoms with Crippen LogP contribution >= 0.6 is 0 Å². The van der Waals surface area contributed by atoms with E-state index in [1.807, 2.05) is 48.8 Å². The minimum Gasteiger partial charge on any atom is -0.396 e. The number of pyridine rings is 2. The molecule has 0 aliphatic carbocycles. The van der Waals surface area contributed by atoms with E-state index < -0.39 is 0 Å². The molecule has 24 heavy (non-hydrogen) atoms. The highest BCUT2D eigenvalue weighted by Gasteiger charge is 2.17. The first kappa shape index (κ1) is 14.1. The van der Waals surface area contributed by atoms with Crippen LogP contribution < -0.4 is 11.5 Å². The lowest BCUT2D eigenvalue weighted by molar-refractivity contribution is 1.24. The summed E-state index contributed by atoms with van der Waals surface area (Å²) in [4.78, 5) is 15.1. The molecule has 0 atom stereocenters. The predicted molar refractivity (Wildman–Crippen MR) is 95.9 cm³/mol. The highest BCUT2D eigenvalue weighted by Crippen LogP contribution is 2.36. The second-order valence-corrected chi connectivity index (χ2v) is 5.41. The summed E-state index contributed by atoms with van der Waals surface area (Å²) < 4.78 is 0. The smallest absolute Gasteiger partial charge is 0.114 e. The summed E-state index contributed by atoms with van der Waals surface area (Å²) in [5, 5.41) is 0. The number of anilines is 2. The van der Waals surface area contributed by atoms with Gasteiger partial charge in [0.05, 0.1) is 11.4 Å². The summed E-state index contributed by atoms with van der Waals surface area (Å²) in [6.07, 6.45) is 7.13. The van der Waals surface area contributed by atoms with E-state index in [2.05, 4.69) is 19.9 Å². The zero-order valence-corrected chi connectivity index (χ0v) is 12.8. The third-order valence-corrected chi connectivity index (χ3v) is 3.98. The summed E-state index contributed by atoms with van der Waals surface area (Å²) in [7, 11) is 0. The van der Waals surface area contributed by atoms with Crippen LogP contribution in [0.3, 0.4) is 0 Å². The minimum atomic E-state index is 0.544. The van der Waals surface area contributed by atoms with E-state index in [4.69, 9.17) is 11.5 Å². The molecule has 6 nitrogen and oxygen atoms in total. The molecule has 118 valence electrons. The van der Waals surface area contributed by atoms with Crippen molar-refractivity contribution in [3.8, 4) is 33.9 Å². The van der Waals surface area contributed by atoms with Crippen molar-refractivity contribution in [2.24, 2.45) is 0 Å². The van der Waals surface area contributed by atoms with Crippen LogP contribution in [0.5, 0.6) is 0 Å². The lowest BCUT2D eigenvalue weighted by Gasteiger charge is -2.12. The van der Waals surface area contributed by atoms with Crippen LogP contribution in [0, 0.1) is 0 Å². The Morgan fingerprint density at radius 1 is 0.667 bits per heavy atom. The van der Waals surface area contributed by atoms with E-state index in [-0.39, 0.29) is 0 Å². The second-order valence-electron chi connectivity index (χ2n) is 5.41. The van der Waals surface area contributed by atoms with Crippen LogP contribution in [0.25, 0.3) is 33.9 Å². The van der Waals surface area contributed by atoms with Gasteiger partial charge in [-0.3, -0.25) is 9.97 Å². The number of aromatic amines is 2. The Kier molecular flexibility index (Phi) is 3.28. The molecule has 4 rings (SSSR count). The van der Waals surface area contributed by atoms with E-state index in [1.165, 1.54) is 0 Å². The molecule has 0 unspecified atom stereocenters. The predicted octanol–water partition coefficient (Wildman–Crippen LogP) is 3.30. The molecule has 6 N–H and O–H groups in total. The molecule has 0 saturated carbocycles. The monoisotopic (exact) mass is 316 g/mol. The molecule has 0 aliphatic heterocycles. The fourth-order valence-corrected chi connectivity index (χ4v) is 2.79. The average Bonchev–Trinajstić information content (AvgIpc) is 3.29. The molecule has 0 aromatic carbocycles. The van der Waals surface area contributed by atoms with E-state index in [0.29, 0.717) is 22.8 Å². The number of H-pyrrole nitrogens is 2. The van der Waals surface area contributed by atoms with E-state index in [9.17, 15) is 0 Å². The van der Waals surface area contributed by atoms with Gasteiger partial charge in [0.15, 0.2) is 0 Å². The van der Waals surface area contributed by atoms with Crippen molar-refractivity contribution in [3.05, 3.63) is 61.2 Å². The summed E-state index contributed by atoms with van der Waals surface area (Å²) in [5.41, 5.74) is 18.6. The standard InChI is InChI=1S/C18H16N6/c19-15-11(13-3-1-7-21-13)5-9-23-17(15)18-16(20)12(6-10-24-18)14-4-2-8-22-14/h1-10,21-22H,19-20H2. The van der Waals surface area contributed by atoms with Gasteiger partial charge in [-0.1, -0.05) is 0 Å². The van der Waals surface area contributed by atoms with Crippen LogP contribution in [0.15, 0.2) is 61.2 Å². The average molecular weight is 316 g/mol. The lowest BCUT2D eigenvalue weighted by atomic mass is 10.0. The van der Waals surface area contributed by atoms with Gasteiger partial charge in [-0.15, -0.1) is 0 Å². The minimum absolute atomic E-state index is 0.544. The van der Waals surface area contributed by atoms with Gasteiger partial charge >= 0.3 is 0 Å². The maximum atomic E-state index is 6.36. The molecule has 0 amide bonds. The fraction of sp³-hybridized carbons (Fsp3) is 0. The summed E-state index contributed by atoms with van der Waals surface area (Å²) in [6, 6.07) is 11.5. The van der Waals surface area contributed by atoms with Gasteiger partial charge in [-0.05, 0) is 36.4 Å². The van der Waals surface area contributed by atoms with Crippen LogP contribution in [0.1, 0.15) is 0 Å². The lowest BCUT2D eigenvalue weighted by Crippen LogP contribution is -2.02. The Balaban J connectivity index is 1.89. The van der Waals surface area contributed by atoms with Crippen molar-refractivity contribution in [2.75, 3.05) is 11.5 Å². The molecule has 4 aromatic rings. The molecule has 0 aliphatic rings. The molecule has 6 heteroatoms. The number of hydrogen-bond acceptors (Lipinski definition) is 4. The van der Waals surface area contributed by atoms with Crippen molar-refractivity contribution in [2.45, 2.75) is 0 Å². The SMILES string of the molecule is Nc1c(-c2ccc[nH]2)ccnc1-c1nccc(-c2ccc[nH]2)c1N. The Bertz CT molecular complexity index is 889.